The zero-order chi connectivity index (χ0) is 8.53. The van der Waals surface area contributed by atoms with E-state index in [-0.39, 0.29) is 5.91 Å². The lowest BCUT2D eigenvalue weighted by Crippen LogP contribution is -2.24. The van der Waals surface area contributed by atoms with Crippen molar-refractivity contribution in [3.63, 3.8) is 0 Å². The first kappa shape index (κ1) is 11.2. The smallest absolute Gasteiger partial charge is 0.220 e. The minimum Gasteiger partial charge on any atom is -0.356 e. The van der Waals surface area contributed by atoms with E-state index in [1.165, 1.54) is 0 Å². The lowest BCUT2D eigenvalue weighted by atomic mass is 10.3. The maximum absolute atomic E-state index is 10.9. The highest BCUT2D eigenvalue weighted by Crippen LogP contribution is 1.91. The van der Waals surface area contributed by atoms with Gasteiger partial charge in [0, 0.05) is 13.0 Å². The first-order valence-electron chi connectivity index (χ1n) is 3.79. The Hall–Kier alpha value is 0.170. The van der Waals surface area contributed by atoms with Gasteiger partial charge >= 0.3 is 0 Å². The fraction of sp³-hybridized carbons (Fsp3) is 0.857. The number of amides is 1. The molecule has 0 atom stereocenters. The van der Waals surface area contributed by atoms with Crippen LogP contribution in [0.15, 0.2) is 0 Å². The topological polar surface area (TPSA) is 29.1 Å². The van der Waals surface area contributed by atoms with Gasteiger partial charge in [0.25, 0.3) is 0 Å². The molecule has 1 N–H and O–H groups in total. The van der Waals surface area contributed by atoms with Crippen LogP contribution in [0.5, 0.6) is 0 Å². The van der Waals surface area contributed by atoms with Crippen LogP contribution in [0.2, 0.25) is 0 Å². The Morgan fingerprint density at radius 2 is 1.82 bits per heavy atom. The van der Waals surface area contributed by atoms with E-state index in [0.717, 1.165) is 30.9 Å². The summed E-state index contributed by atoms with van der Waals surface area (Å²) < 4.78 is 0. The molecule has 0 aromatic rings. The van der Waals surface area contributed by atoms with E-state index in [2.05, 4.69) is 30.6 Å². The molecule has 11 heavy (non-hydrogen) atoms. The summed E-state index contributed by atoms with van der Waals surface area (Å²) in [7, 11) is 0. The summed E-state index contributed by atoms with van der Waals surface area (Å²) in [5, 5.41) is 2.80. The van der Waals surface area contributed by atoms with Gasteiger partial charge in [-0.3, -0.25) is 4.79 Å². The van der Waals surface area contributed by atoms with Crippen molar-refractivity contribution in [2.45, 2.75) is 19.3 Å². The molecular weight excluding hydrogens is 178 g/mol. The molecule has 0 radical (unpaired) electrons. The van der Waals surface area contributed by atoms with Crippen LogP contribution in [-0.4, -0.2) is 24.0 Å². The van der Waals surface area contributed by atoms with Crippen LogP contribution in [0.3, 0.4) is 0 Å². The summed E-state index contributed by atoms with van der Waals surface area (Å²) in [6.07, 6.45) is 2.39. The molecule has 4 heteroatoms. The summed E-state index contributed by atoms with van der Waals surface area (Å²) in [4.78, 5) is 10.9. The van der Waals surface area contributed by atoms with Gasteiger partial charge in [-0.15, -0.1) is 0 Å². The number of thiol groups is 2. The average molecular weight is 193 g/mol. The lowest BCUT2D eigenvalue weighted by Gasteiger charge is -2.01. The van der Waals surface area contributed by atoms with Crippen molar-refractivity contribution < 1.29 is 4.79 Å². The van der Waals surface area contributed by atoms with Crippen molar-refractivity contribution in [3.8, 4) is 0 Å². The third kappa shape index (κ3) is 8.07. The minimum atomic E-state index is 0.126. The van der Waals surface area contributed by atoms with Crippen LogP contribution in [-0.2, 0) is 4.79 Å². The number of carbonyl (C=O) groups is 1. The first-order chi connectivity index (χ1) is 5.31. The predicted octanol–water partition coefficient (Wildman–Crippen LogP) is 1.13. The molecule has 2 nitrogen and oxygen atoms in total. The van der Waals surface area contributed by atoms with E-state index in [1.807, 2.05) is 0 Å². The predicted molar refractivity (Wildman–Crippen MR) is 54.6 cm³/mol. The van der Waals surface area contributed by atoms with Gasteiger partial charge in [0.05, 0.1) is 0 Å². The first-order valence-corrected chi connectivity index (χ1v) is 5.06. The van der Waals surface area contributed by atoms with Gasteiger partial charge in [-0.05, 0) is 24.3 Å². The quantitative estimate of drug-likeness (QED) is 0.428. The van der Waals surface area contributed by atoms with Gasteiger partial charge in [0.2, 0.25) is 5.91 Å². The number of carbonyl (C=O) groups excluding carboxylic acids is 1. The van der Waals surface area contributed by atoms with Crippen molar-refractivity contribution >= 4 is 31.2 Å². The Bertz CT molecular complexity index is 109. The molecule has 0 saturated carbocycles. The molecule has 0 aliphatic heterocycles. The standard InChI is InChI=1S/C7H15NOS2/c9-7(3-1-5-10)8-4-2-6-11/h10-11H,1-6H2,(H,8,9). The SMILES string of the molecule is O=C(CCCS)NCCCS. The van der Waals surface area contributed by atoms with Crippen molar-refractivity contribution in [2.75, 3.05) is 18.1 Å². The maximum atomic E-state index is 10.9. The molecule has 0 rings (SSSR count). The van der Waals surface area contributed by atoms with Gasteiger partial charge < -0.3 is 5.32 Å². The van der Waals surface area contributed by atoms with E-state index in [0.29, 0.717) is 6.42 Å². The Balaban J connectivity index is 3.09. The average Bonchev–Trinajstić information content (AvgIpc) is 2.01. The molecule has 0 aromatic heterocycles. The van der Waals surface area contributed by atoms with Gasteiger partial charge in [-0.2, -0.15) is 25.3 Å². The van der Waals surface area contributed by atoms with E-state index in [1.54, 1.807) is 0 Å². The highest BCUT2D eigenvalue weighted by atomic mass is 32.1. The maximum Gasteiger partial charge on any atom is 0.220 e. The summed E-state index contributed by atoms with van der Waals surface area (Å²) in [5.41, 5.74) is 0. The van der Waals surface area contributed by atoms with Gasteiger partial charge in [0.15, 0.2) is 0 Å². The van der Waals surface area contributed by atoms with Crippen molar-refractivity contribution in [1.82, 2.24) is 5.32 Å². The monoisotopic (exact) mass is 193 g/mol. The molecule has 0 spiro atoms. The summed E-state index contributed by atoms with van der Waals surface area (Å²) in [6, 6.07) is 0. The lowest BCUT2D eigenvalue weighted by molar-refractivity contribution is -0.121. The molecule has 0 bridgehead atoms. The normalized spacial score (nSPS) is 9.64. The second kappa shape index (κ2) is 8.27. The molecule has 1 amide bonds. The third-order valence-corrected chi connectivity index (χ3v) is 1.85. The van der Waals surface area contributed by atoms with E-state index in [9.17, 15) is 4.79 Å². The Labute approximate surface area is 79.0 Å². The number of rotatable bonds is 6. The fourth-order valence-corrected chi connectivity index (χ4v) is 0.951. The molecule has 0 fully saturated rings. The number of hydrogen-bond donors (Lipinski definition) is 3. The molecule has 0 aromatic carbocycles. The Morgan fingerprint density at radius 1 is 1.18 bits per heavy atom. The molecular formula is C7H15NOS2. The Morgan fingerprint density at radius 3 is 2.36 bits per heavy atom. The van der Waals surface area contributed by atoms with Crippen molar-refractivity contribution in [3.05, 3.63) is 0 Å². The van der Waals surface area contributed by atoms with Crippen LogP contribution < -0.4 is 5.32 Å². The highest BCUT2D eigenvalue weighted by Gasteiger charge is 1.97. The zero-order valence-electron chi connectivity index (χ0n) is 6.55. The highest BCUT2D eigenvalue weighted by molar-refractivity contribution is 7.80. The van der Waals surface area contributed by atoms with Crippen molar-refractivity contribution in [2.24, 2.45) is 0 Å². The summed E-state index contributed by atoms with van der Waals surface area (Å²) in [6.45, 7) is 0.745. The van der Waals surface area contributed by atoms with Gasteiger partial charge in [0.1, 0.15) is 0 Å². The second-order valence-corrected chi connectivity index (χ2v) is 3.15. The second-order valence-electron chi connectivity index (χ2n) is 2.25. The molecule has 0 heterocycles. The Kier molecular flexibility index (Phi) is 8.40. The molecule has 66 valence electrons. The van der Waals surface area contributed by atoms with Crippen molar-refractivity contribution in [1.29, 1.82) is 0 Å². The molecule has 0 aliphatic rings. The van der Waals surface area contributed by atoms with Crippen LogP contribution in [0.1, 0.15) is 19.3 Å². The van der Waals surface area contributed by atoms with Crippen LogP contribution >= 0.6 is 25.3 Å². The zero-order valence-corrected chi connectivity index (χ0v) is 8.33. The van der Waals surface area contributed by atoms with E-state index < -0.39 is 0 Å². The largest absolute Gasteiger partial charge is 0.356 e. The van der Waals surface area contributed by atoms with Gasteiger partial charge in [-0.25, -0.2) is 0 Å². The molecule has 0 unspecified atom stereocenters. The minimum absolute atomic E-state index is 0.126. The molecule has 0 aliphatic carbocycles. The number of nitrogens with one attached hydrogen (secondary N) is 1. The summed E-state index contributed by atoms with van der Waals surface area (Å²) >= 11 is 8.04. The third-order valence-electron chi connectivity index (χ3n) is 1.22. The van der Waals surface area contributed by atoms with E-state index >= 15 is 0 Å². The van der Waals surface area contributed by atoms with Gasteiger partial charge in [-0.1, -0.05) is 0 Å². The fourth-order valence-electron chi connectivity index (χ4n) is 0.635. The molecule has 0 saturated heterocycles. The van der Waals surface area contributed by atoms with Crippen LogP contribution in [0.25, 0.3) is 0 Å². The number of hydrogen-bond acceptors (Lipinski definition) is 3. The van der Waals surface area contributed by atoms with Crippen LogP contribution in [0, 0.1) is 0 Å². The van der Waals surface area contributed by atoms with E-state index in [4.69, 9.17) is 0 Å². The summed E-state index contributed by atoms with van der Waals surface area (Å²) in [5.74, 6) is 1.73. The van der Waals surface area contributed by atoms with Crippen LogP contribution in [0.4, 0.5) is 0 Å².